The van der Waals surface area contributed by atoms with Gasteiger partial charge in [0.15, 0.2) is 0 Å². The van der Waals surface area contributed by atoms with Gasteiger partial charge in [-0.15, -0.1) is 0 Å². The number of alkyl halides is 3. The fourth-order valence-corrected chi connectivity index (χ4v) is 3.48. The topological polar surface area (TPSA) is 64.7 Å². The second-order valence-electron chi connectivity index (χ2n) is 7.41. The van der Waals surface area contributed by atoms with Gasteiger partial charge in [-0.3, -0.25) is 4.90 Å². The number of amides is 4. The van der Waals surface area contributed by atoms with Crippen molar-refractivity contribution in [2.24, 2.45) is 0 Å². The molecule has 0 aliphatic carbocycles. The molecule has 1 heterocycles. The van der Waals surface area contributed by atoms with Gasteiger partial charge in [0.25, 0.3) is 0 Å². The van der Waals surface area contributed by atoms with Crippen molar-refractivity contribution in [1.29, 1.82) is 0 Å². The Hall–Kier alpha value is -3.23. The van der Waals surface area contributed by atoms with Crippen molar-refractivity contribution in [3.63, 3.8) is 0 Å². The zero-order valence-electron chi connectivity index (χ0n) is 17.4. The Bertz CT molecular complexity index is 945. The molecule has 1 aliphatic rings. The van der Waals surface area contributed by atoms with E-state index in [-0.39, 0.29) is 18.6 Å². The lowest BCUT2D eigenvalue weighted by Gasteiger charge is -2.36. The van der Waals surface area contributed by atoms with E-state index in [1.165, 1.54) is 12.1 Å². The van der Waals surface area contributed by atoms with Gasteiger partial charge in [0, 0.05) is 26.2 Å². The smallest absolute Gasteiger partial charge is 0.338 e. The van der Waals surface area contributed by atoms with Crippen LogP contribution >= 0.6 is 0 Å². The molecule has 1 saturated heterocycles. The molecule has 31 heavy (non-hydrogen) atoms. The van der Waals surface area contributed by atoms with Crippen LogP contribution in [0, 0.1) is 6.92 Å². The first-order valence-electron chi connectivity index (χ1n) is 10.1. The second kappa shape index (κ2) is 9.28. The minimum Gasteiger partial charge on any atom is -0.338 e. The average Bonchev–Trinajstić information content (AvgIpc) is 2.70. The third kappa shape index (κ3) is 5.48. The number of nitrogens with one attached hydrogen (secondary N) is 2. The van der Waals surface area contributed by atoms with Gasteiger partial charge in [-0.05, 0) is 55.7 Å². The summed E-state index contributed by atoms with van der Waals surface area (Å²) in [7, 11) is 0. The van der Waals surface area contributed by atoms with Gasteiger partial charge in [0.2, 0.25) is 0 Å². The van der Waals surface area contributed by atoms with Gasteiger partial charge in [0.1, 0.15) is 0 Å². The van der Waals surface area contributed by atoms with Crippen LogP contribution in [-0.4, -0.2) is 36.6 Å². The number of hydrogen-bond acceptors (Lipinski definition) is 2. The normalized spacial score (nSPS) is 14.5. The van der Waals surface area contributed by atoms with Crippen molar-refractivity contribution in [3.05, 3.63) is 59.2 Å². The number of urea groups is 2. The molecule has 1 aliphatic heterocycles. The summed E-state index contributed by atoms with van der Waals surface area (Å²) in [6.45, 7) is 5.36. The van der Waals surface area contributed by atoms with E-state index < -0.39 is 11.7 Å². The number of aryl methyl sites for hydroxylation is 1. The molecular weight excluding hydrogens is 409 g/mol. The Balaban J connectivity index is 1.78. The molecule has 166 valence electrons. The molecule has 0 saturated carbocycles. The molecule has 0 atom stereocenters. The first-order valence-corrected chi connectivity index (χ1v) is 10.1. The Kier molecular flexibility index (Phi) is 6.72. The van der Waals surface area contributed by atoms with E-state index in [0.717, 1.165) is 17.7 Å². The highest BCUT2D eigenvalue weighted by atomic mass is 19.4. The summed E-state index contributed by atoms with van der Waals surface area (Å²) >= 11 is 0. The molecular formula is C22H25F3N4O2. The first-order chi connectivity index (χ1) is 14.7. The summed E-state index contributed by atoms with van der Waals surface area (Å²) in [5.74, 6) is 0. The monoisotopic (exact) mass is 434 g/mol. The maximum absolute atomic E-state index is 13.1. The summed E-state index contributed by atoms with van der Waals surface area (Å²) < 4.78 is 38.3. The summed E-state index contributed by atoms with van der Waals surface area (Å²) in [5, 5.41) is 5.45. The number of halogens is 3. The number of carbonyl (C=O) groups is 2. The predicted octanol–water partition coefficient (Wildman–Crippen LogP) is 4.99. The van der Waals surface area contributed by atoms with E-state index in [0.29, 0.717) is 43.0 Å². The predicted molar refractivity (Wildman–Crippen MR) is 113 cm³/mol. The highest BCUT2D eigenvalue weighted by Gasteiger charge is 2.31. The van der Waals surface area contributed by atoms with Gasteiger partial charge in [0.05, 0.1) is 16.9 Å². The van der Waals surface area contributed by atoms with E-state index >= 15 is 0 Å². The highest BCUT2D eigenvalue weighted by Crippen LogP contribution is 2.31. The number of hydrogen-bond donors (Lipinski definition) is 2. The van der Waals surface area contributed by atoms with Crippen LogP contribution in [0.25, 0.3) is 0 Å². The van der Waals surface area contributed by atoms with Crippen molar-refractivity contribution < 1.29 is 22.8 Å². The van der Waals surface area contributed by atoms with Gasteiger partial charge < -0.3 is 15.5 Å². The van der Waals surface area contributed by atoms with Crippen LogP contribution in [0.2, 0.25) is 0 Å². The summed E-state index contributed by atoms with van der Waals surface area (Å²) in [4.78, 5) is 28.4. The lowest BCUT2D eigenvalue weighted by atomic mass is 10.1. The molecule has 0 radical (unpaired) electrons. The maximum Gasteiger partial charge on any atom is 0.416 e. The summed E-state index contributed by atoms with van der Waals surface area (Å²) in [6, 6.07) is 9.66. The molecule has 0 unspecified atom stereocenters. The van der Waals surface area contributed by atoms with Gasteiger partial charge in [-0.25, -0.2) is 9.59 Å². The molecule has 9 heteroatoms. The molecule has 1 fully saturated rings. The molecule has 6 nitrogen and oxygen atoms in total. The van der Waals surface area contributed by atoms with Crippen LogP contribution in [0.5, 0.6) is 0 Å². The minimum atomic E-state index is -4.39. The number of nitrogens with zero attached hydrogens (tertiary/aromatic N) is 2. The molecule has 4 amide bonds. The first kappa shape index (κ1) is 22.5. The SMILES string of the molecule is CCNC(=O)Nc1cc(C)ccc1N1CCCN(Cc2ccc(C(F)(F)F)cc2)C1=O. The zero-order chi connectivity index (χ0) is 22.6. The lowest BCUT2D eigenvalue weighted by molar-refractivity contribution is -0.137. The molecule has 2 aromatic carbocycles. The van der Waals surface area contributed by atoms with E-state index in [2.05, 4.69) is 10.6 Å². The van der Waals surface area contributed by atoms with Crippen LogP contribution in [0.15, 0.2) is 42.5 Å². The Morgan fingerprint density at radius 1 is 1.10 bits per heavy atom. The minimum absolute atomic E-state index is 0.207. The van der Waals surface area contributed by atoms with Gasteiger partial charge >= 0.3 is 18.2 Å². The molecule has 3 rings (SSSR count). The Morgan fingerprint density at radius 2 is 1.81 bits per heavy atom. The largest absolute Gasteiger partial charge is 0.416 e. The van der Waals surface area contributed by atoms with Gasteiger partial charge in [-0.1, -0.05) is 18.2 Å². The van der Waals surface area contributed by atoms with Crippen LogP contribution in [0.3, 0.4) is 0 Å². The van der Waals surface area contributed by atoms with Crippen LogP contribution in [-0.2, 0) is 12.7 Å². The molecule has 0 aromatic heterocycles. The Labute approximate surface area is 179 Å². The number of anilines is 2. The second-order valence-corrected chi connectivity index (χ2v) is 7.41. The molecule has 0 spiro atoms. The van der Waals surface area contributed by atoms with Gasteiger partial charge in [-0.2, -0.15) is 13.2 Å². The van der Waals surface area contributed by atoms with Crippen LogP contribution in [0.4, 0.5) is 34.1 Å². The molecule has 2 aromatic rings. The Morgan fingerprint density at radius 3 is 2.45 bits per heavy atom. The van der Waals surface area contributed by atoms with E-state index in [1.54, 1.807) is 21.9 Å². The van der Waals surface area contributed by atoms with E-state index in [4.69, 9.17) is 0 Å². The van der Waals surface area contributed by atoms with E-state index in [1.807, 2.05) is 19.9 Å². The average molecular weight is 434 g/mol. The zero-order valence-corrected chi connectivity index (χ0v) is 17.4. The highest BCUT2D eigenvalue weighted by molar-refractivity contribution is 6.00. The lowest BCUT2D eigenvalue weighted by Crippen LogP contribution is -2.49. The number of carbonyl (C=O) groups excluding carboxylic acids is 2. The van der Waals surface area contributed by atoms with E-state index in [9.17, 15) is 22.8 Å². The third-order valence-electron chi connectivity index (χ3n) is 4.99. The van der Waals surface area contributed by atoms with Crippen molar-refractivity contribution in [2.45, 2.75) is 33.0 Å². The van der Waals surface area contributed by atoms with Crippen LogP contribution in [0.1, 0.15) is 30.0 Å². The maximum atomic E-state index is 13.1. The standard InChI is InChI=1S/C22H25F3N4O2/c1-3-26-20(30)27-18-13-15(2)5-10-19(18)29-12-4-11-28(21(29)31)14-16-6-8-17(9-7-16)22(23,24)25/h5-10,13H,3-4,11-12,14H2,1-2H3,(H2,26,27,30). The quantitative estimate of drug-likeness (QED) is 0.697. The van der Waals surface area contributed by atoms with Crippen molar-refractivity contribution in [1.82, 2.24) is 10.2 Å². The fraction of sp³-hybridized carbons (Fsp3) is 0.364. The fourth-order valence-electron chi connectivity index (χ4n) is 3.48. The number of rotatable bonds is 5. The van der Waals surface area contributed by atoms with Crippen molar-refractivity contribution in [3.8, 4) is 0 Å². The third-order valence-corrected chi connectivity index (χ3v) is 4.99. The van der Waals surface area contributed by atoms with Crippen LogP contribution < -0.4 is 15.5 Å². The summed E-state index contributed by atoms with van der Waals surface area (Å²) in [5.41, 5.74) is 1.94. The molecule has 2 N–H and O–H groups in total. The molecule has 0 bridgehead atoms. The number of benzene rings is 2. The van der Waals surface area contributed by atoms with Crippen molar-refractivity contribution in [2.75, 3.05) is 29.9 Å². The van der Waals surface area contributed by atoms with Crippen molar-refractivity contribution >= 4 is 23.4 Å². The summed E-state index contributed by atoms with van der Waals surface area (Å²) in [6.07, 6.45) is -3.70.